The second kappa shape index (κ2) is 4.30. The molecule has 102 valence electrons. The van der Waals surface area contributed by atoms with Crippen LogP contribution in [-0.2, 0) is 0 Å². The first-order chi connectivity index (χ1) is 9.69. The third-order valence-electron chi connectivity index (χ3n) is 2.93. The van der Waals surface area contributed by atoms with Crippen molar-refractivity contribution >= 4 is 17.8 Å². The summed E-state index contributed by atoms with van der Waals surface area (Å²) >= 11 is 0. The lowest BCUT2D eigenvalue weighted by molar-refractivity contribution is 0.0923. The Labute approximate surface area is 112 Å². The summed E-state index contributed by atoms with van der Waals surface area (Å²) in [6.07, 6.45) is 0. The number of rotatable bonds is 3. The molecule has 0 aliphatic carbocycles. The van der Waals surface area contributed by atoms with Crippen LogP contribution in [0.1, 0.15) is 20.7 Å². The van der Waals surface area contributed by atoms with Gasteiger partial charge in [-0.25, -0.2) is 4.90 Å². The lowest BCUT2D eigenvalue weighted by Gasteiger charge is -2.10. The van der Waals surface area contributed by atoms with E-state index in [1.54, 1.807) is 6.07 Å². The molecule has 1 aromatic heterocycles. The van der Waals surface area contributed by atoms with Gasteiger partial charge in [-0.05, 0) is 17.3 Å². The van der Waals surface area contributed by atoms with E-state index in [9.17, 15) is 9.59 Å². The molecule has 1 aliphatic heterocycles. The monoisotopic (exact) mass is 275 g/mol. The van der Waals surface area contributed by atoms with Crippen molar-refractivity contribution in [3.63, 3.8) is 0 Å². The Bertz CT molecular complexity index is 697. The number of carbonyl (C=O) groups excluding carboxylic acids is 2. The maximum Gasteiger partial charge on any atom is 0.279 e. The summed E-state index contributed by atoms with van der Waals surface area (Å²) in [5.41, 5.74) is 0.333. The fraction of sp³-hybridized carbons (Fsp3) is 0.182. The quantitative estimate of drug-likeness (QED) is 0.786. The zero-order valence-electron chi connectivity index (χ0n) is 10.6. The zero-order valence-corrected chi connectivity index (χ0v) is 10.6. The van der Waals surface area contributed by atoms with Crippen molar-refractivity contribution in [3.05, 3.63) is 23.3 Å². The number of amides is 2. The number of nitrogens with one attached hydrogen (secondary N) is 1. The molecule has 9 heteroatoms. The molecule has 0 atom stereocenters. The second-order valence-corrected chi connectivity index (χ2v) is 3.88. The van der Waals surface area contributed by atoms with Crippen LogP contribution in [0, 0.1) is 0 Å². The molecular weight excluding hydrogens is 266 g/mol. The number of ether oxygens (including phenoxy) is 2. The largest absolute Gasteiger partial charge is 0.493 e. The summed E-state index contributed by atoms with van der Waals surface area (Å²) in [7, 11) is 2.84. The summed E-state index contributed by atoms with van der Waals surface area (Å²) in [6, 6.07) is 3.06. The maximum atomic E-state index is 12.4. The Balaban J connectivity index is 2.19. The molecule has 0 radical (unpaired) electrons. The van der Waals surface area contributed by atoms with Gasteiger partial charge in [0.15, 0.2) is 11.5 Å². The minimum atomic E-state index is -0.581. The molecule has 2 amide bonds. The normalized spacial score (nSPS) is 13.6. The molecule has 0 bridgehead atoms. The lowest BCUT2D eigenvalue weighted by Crippen LogP contribution is -2.30. The number of H-pyrrole nitrogens is 1. The number of benzene rings is 1. The molecule has 0 fully saturated rings. The van der Waals surface area contributed by atoms with Crippen LogP contribution in [0.3, 0.4) is 0 Å². The Kier molecular flexibility index (Phi) is 2.60. The second-order valence-electron chi connectivity index (χ2n) is 3.88. The number of hydrogen-bond donors (Lipinski definition) is 1. The highest BCUT2D eigenvalue weighted by Crippen LogP contribution is 2.38. The fourth-order valence-corrected chi connectivity index (χ4v) is 2.07. The molecule has 1 aromatic carbocycles. The summed E-state index contributed by atoms with van der Waals surface area (Å²) in [6.45, 7) is 0. The number of aromatic nitrogens is 4. The van der Waals surface area contributed by atoms with Crippen molar-refractivity contribution in [2.75, 3.05) is 19.1 Å². The van der Waals surface area contributed by atoms with Crippen LogP contribution in [0.4, 0.5) is 5.95 Å². The highest BCUT2D eigenvalue weighted by atomic mass is 16.5. The molecule has 3 rings (SSSR count). The zero-order chi connectivity index (χ0) is 14.3. The Hall–Kier alpha value is -2.97. The van der Waals surface area contributed by atoms with E-state index in [1.807, 2.05) is 0 Å². The number of carbonyl (C=O) groups is 2. The highest BCUT2D eigenvalue weighted by molar-refractivity contribution is 6.34. The van der Waals surface area contributed by atoms with Gasteiger partial charge >= 0.3 is 0 Å². The summed E-state index contributed by atoms with van der Waals surface area (Å²) in [5, 5.41) is 12.8. The van der Waals surface area contributed by atoms with Crippen molar-refractivity contribution in [2.45, 2.75) is 0 Å². The van der Waals surface area contributed by atoms with E-state index < -0.39 is 11.8 Å². The molecule has 1 N–H and O–H groups in total. The Morgan fingerprint density at radius 1 is 1.15 bits per heavy atom. The van der Waals surface area contributed by atoms with Crippen LogP contribution in [-0.4, -0.2) is 46.7 Å². The standard InChI is InChI=1S/C11H9N5O4/c1-19-6-4-3-5-7(8(6)20-2)10(18)16(9(5)17)11-12-14-15-13-11/h3-4H,1-2H3,(H,12,13,14,15). The SMILES string of the molecule is COc1ccc2c(c1OC)C(=O)N(c1nn[nH]n1)C2=O. The van der Waals surface area contributed by atoms with Gasteiger partial charge < -0.3 is 9.47 Å². The third-order valence-corrected chi connectivity index (χ3v) is 2.93. The van der Waals surface area contributed by atoms with Gasteiger partial charge in [0.05, 0.1) is 25.3 Å². The predicted octanol–water partition coefficient (Wildman–Crippen LogP) is 0.0175. The Morgan fingerprint density at radius 3 is 2.55 bits per heavy atom. The van der Waals surface area contributed by atoms with Crippen LogP contribution in [0.5, 0.6) is 11.5 Å². The first-order valence-corrected chi connectivity index (χ1v) is 5.56. The number of anilines is 1. The van der Waals surface area contributed by atoms with Gasteiger partial charge in [-0.3, -0.25) is 9.59 Å². The number of aromatic amines is 1. The molecule has 0 saturated heterocycles. The third kappa shape index (κ3) is 1.46. The van der Waals surface area contributed by atoms with Crippen LogP contribution < -0.4 is 14.4 Å². The van der Waals surface area contributed by atoms with Gasteiger partial charge in [0.2, 0.25) is 0 Å². The van der Waals surface area contributed by atoms with Crippen molar-refractivity contribution in [1.29, 1.82) is 0 Å². The highest BCUT2D eigenvalue weighted by Gasteiger charge is 2.42. The van der Waals surface area contributed by atoms with E-state index in [2.05, 4.69) is 20.6 Å². The van der Waals surface area contributed by atoms with Crippen molar-refractivity contribution in [2.24, 2.45) is 0 Å². The first kappa shape index (κ1) is 12.1. The summed E-state index contributed by atoms with van der Waals surface area (Å²) in [5.74, 6) is -0.663. The number of imide groups is 1. The van der Waals surface area contributed by atoms with Crippen molar-refractivity contribution < 1.29 is 19.1 Å². The average molecular weight is 275 g/mol. The van der Waals surface area contributed by atoms with Gasteiger partial charge in [-0.1, -0.05) is 5.10 Å². The number of nitrogens with zero attached hydrogens (tertiary/aromatic N) is 4. The molecule has 0 unspecified atom stereocenters. The smallest absolute Gasteiger partial charge is 0.279 e. The van der Waals surface area contributed by atoms with E-state index in [1.165, 1.54) is 20.3 Å². The van der Waals surface area contributed by atoms with Crippen LogP contribution in [0.2, 0.25) is 0 Å². The predicted molar refractivity (Wildman–Crippen MR) is 64.9 cm³/mol. The van der Waals surface area contributed by atoms with Crippen molar-refractivity contribution in [1.82, 2.24) is 20.6 Å². The Morgan fingerprint density at radius 2 is 1.95 bits per heavy atom. The summed E-state index contributed by atoms with van der Waals surface area (Å²) in [4.78, 5) is 25.5. The minimum absolute atomic E-state index is 0.114. The van der Waals surface area contributed by atoms with Gasteiger partial charge in [0.1, 0.15) is 0 Å². The molecule has 9 nitrogen and oxygen atoms in total. The molecule has 2 heterocycles. The number of fused-ring (bicyclic) bond motifs is 1. The lowest BCUT2D eigenvalue weighted by atomic mass is 10.1. The van der Waals surface area contributed by atoms with Gasteiger partial charge in [0.25, 0.3) is 17.8 Å². The van der Waals surface area contributed by atoms with Gasteiger partial charge in [-0.15, -0.1) is 5.10 Å². The van der Waals surface area contributed by atoms with Gasteiger partial charge in [0, 0.05) is 0 Å². The van der Waals surface area contributed by atoms with Gasteiger partial charge in [-0.2, -0.15) is 5.21 Å². The molecule has 2 aromatic rings. The van der Waals surface area contributed by atoms with E-state index in [0.717, 1.165) is 4.90 Å². The molecule has 0 spiro atoms. The van der Waals surface area contributed by atoms with E-state index in [-0.39, 0.29) is 22.8 Å². The minimum Gasteiger partial charge on any atom is -0.493 e. The fourth-order valence-electron chi connectivity index (χ4n) is 2.07. The van der Waals surface area contributed by atoms with E-state index in [0.29, 0.717) is 5.75 Å². The van der Waals surface area contributed by atoms with E-state index >= 15 is 0 Å². The number of methoxy groups -OCH3 is 2. The van der Waals surface area contributed by atoms with Crippen LogP contribution in [0.25, 0.3) is 0 Å². The maximum absolute atomic E-state index is 12.4. The average Bonchev–Trinajstić information content (AvgIpc) is 3.06. The number of hydrogen-bond acceptors (Lipinski definition) is 7. The number of tetrazole rings is 1. The molecule has 20 heavy (non-hydrogen) atoms. The van der Waals surface area contributed by atoms with Crippen molar-refractivity contribution in [3.8, 4) is 11.5 Å². The van der Waals surface area contributed by atoms with Crippen LogP contribution >= 0.6 is 0 Å². The topological polar surface area (TPSA) is 110 Å². The molecule has 0 saturated carbocycles. The van der Waals surface area contributed by atoms with Crippen LogP contribution in [0.15, 0.2) is 12.1 Å². The molecular formula is C11H9N5O4. The first-order valence-electron chi connectivity index (χ1n) is 5.56. The summed E-state index contributed by atoms with van der Waals surface area (Å²) < 4.78 is 10.3. The molecule has 1 aliphatic rings. The van der Waals surface area contributed by atoms with E-state index in [4.69, 9.17) is 9.47 Å².